The van der Waals surface area contributed by atoms with Crippen LogP contribution in [0.3, 0.4) is 0 Å². The zero-order valence-corrected chi connectivity index (χ0v) is 20.7. The normalized spacial score (nSPS) is 15.1. The number of hydrogen-bond donors (Lipinski definition) is 2. The summed E-state index contributed by atoms with van der Waals surface area (Å²) in [6.07, 6.45) is 2.17. The third-order valence-corrected chi connectivity index (χ3v) is 6.58. The maximum atomic E-state index is 12.5. The fourth-order valence-electron chi connectivity index (χ4n) is 4.52. The van der Waals surface area contributed by atoms with Gasteiger partial charge in [0.2, 0.25) is 5.91 Å². The average molecular weight is 495 g/mol. The van der Waals surface area contributed by atoms with Gasteiger partial charge >= 0.3 is 5.63 Å². The third kappa shape index (κ3) is 7.16. The van der Waals surface area contributed by atoms with Crippen molar-refractivity contribution >= 4 is 16.9 Å². The summed E-state index contributed by atoms with van der Waals surface area (Å²) in [4.78, 5) is 27.3. The SMILES string of the molecule is Cc1ccc2cc(CC(CCc3cccc(OCCCN4CCOCC4)c3)C(=O)NO)c(=O)oc2c1. The van der Waals surface area contributed by atoms with Crippen LogP contribution in [0.25, 0.3) is 11.0 Å². The maximum absolute atomic E-state index is 12.5. The molecular formula is C28H34N2O6. The van der Waals surface area contributed by atoms with E-state index in [2.05, 4.69) is 4.90 Å². The predicted molar refractivity (Wildman–Crippen MR) is 136 cm³/mol. The van der Waals surface area contributed by atoms with Crippen LogP contribution in [-0.2, 0) is 22.4 Å². The number of fused-ring (bicyclic) bond motifs is 1. The molecule has 2 aromatic carbocycles. The lowest BCUT2D eigenvalue weighted by Crippen LogP contribution is -2.37. The zero-order valence-electron chi connectivity index (χ0n) is 20.7. The van der Waals surface area contributed by atoms with Gasteiger partial charge in [-0.25, -0.2) is 10.3 Å². The fourth-order valence-corrected chi connectivity index (χ4v) is 4.52. The molecule has 0 aliphatic carbocycles. The van der Waals surface area contributed by atoms with Crippen LogP contribution in [0.4, 0.5) is 0 Å². The molecule has 1 aliphatic rings. The number of nitrogens with one attached hydrogen (secondary N) is 1. The summed E-state index contributed by atoms with van der Waals surface area (Å²) in [5, 5.41) is 10.1. The first-order valence-electron chi connectivity index (χ1n) is 12.5. The lowest BCUT2D eigenvalue weighted by molar-refractivity contribution is -0.133. The van der Waals surface area contributed by atoms with Gasteiger partial charge in [-0.3, -0.25) is 14.9 Å². The molecule has 1 aromatic heterocycles. The van der Waals surface area contributed by atoms with Crippen molar-refractivity contribution in [3.05, 3.63) is 75.6 Å². The second-order valence-electron chi connectivity index (χ2n) is 9.32. The Hall–Kier alpha value is -3.20. The molecule has 0 saturated carbocycles. The average Bonchev–Trinajstić information content (AvgIpc) is 2.89. The van der Waals surface area contributed by atoms with E-state index in [1.807, 2.05) is 49.4 Å². The molecule has 1 atom stereocenters. The number of aryl methyl sites for hydroxylation is 2. The summed E-state index contributed by atoms with van der Waals surface area (Å²) >= 11 is 0. The molecular weight excluding hydrogens is 460 g/mol. The molecule has 1 amide bonds. The van der Waals surface area contributed by atoms with E-state index in [-0.39, 0.29) is 6.42 Å². The first kappa shape index (κ1) is 25.9. The Labute approximate surface area is 210 Å². The summed E-state index contributed by atoms with van der Waals surface area (Å²) < 4.78 is 16.8. The number of nitrogens with zero attached hydrogens (tertiary/aromatic N) is 1. The van der Waals surface area contributed by atoms with Crippen LogP contribution in [0.15, 0.2) is 57.7 Å². The number of hydrogen-bond acceptors (Lipinski definition) is 7. The zero-order chi connectivity index (χ0) is 25.3. The Balaban J connectivity index is 1.34. The molecule has 3 aromatic rings. The van der Waals surface area contributed by atoms with Crippen LogP contribution in [0, 0.1) is 12.8 Å². The quantitative estimate of drug-likeness (QED) is 0.182. The van der Waals surface area contributed by atoms with Crippen molar-refractivity contribution in [1.29, 1.82) is 0 Å². The highest BCUT2D eigenvalue weighted by Crippen LogP contribution is 2.21. The van der Waals surface area contributed by atoms with Gasteiger partial charge in [-0.2, -0.15) is 0 Å². The first-order valence-corrected chi connectivity index (χ1v) is 12.5. The third-order valence-electron chi connectivity index (χ3n) is 6.58. The monoisotopic (exact) mass is 494 g/mol. The van der Waals surface area contributed by atoms with Crippen molar-refractivity contribution in [3.63, 3.8) is 0 Å². The van der Waals surface area contributed by atoms with Gasteiger partial charge in [0.05, 0.1) is 19.8 Å². The van der Waals surface area contributed by atoms with Crippen molar-refractivity contribution in [2.24, 2.45) is 5.92 Å². The van der Waals surface area contributed by atoms with E-state index >= 15 is 0 Å². The van der Waals surface area contributed by atoms with Crippen LogP contribution < -0.4 is 15.8 Å². The number of morpholine rings is 1. The molecule has 0 bridgehead atoms. The Morgan fingerprint density at radius 2 is 2.00 bits per heavy atom. The summed E-state index contributed by atoms with van der Waals surface area (Å²) in [5.74, 6) is -0.309. The molecule has 1 aliphatic heterocycles. The van der Waals surface area contributed by atoms with Crippen molar-refractivity contribution in [3.8, 4) is 5.75 Å². The fraction of sp³-hybridized carbons (Fsp3) is 0.429. The van der Waals surface area contributed by atoms with Gasteiger partial charge in [-0.1, -0.05) is 24.3 Å². The Morgan fingerprint density at radius 1 is 1.17 bits per heavy atom. The van der Waals surface area contributed by atoms with Crippen LogP contribution in [0.1, 0.15) is 29.5 Å². The van der Waals surface area contributed by atoms with Gasteiger partial charge in [0.1, 0.15) is 11.3 Å². The van der Waals surface area contributed by atoms with Crippen molar-refractivity contribution in [2.45, 2.75) is 32.6 Å². The number of carbonyl (C=O) groups is 1. The van der Waals surface area contributed by atoms with Crippen LogP contribution in [-0.4, -0.2) is 55.5 Å². The Kier molecular flexibility index (Phi) is 9.11. The van der Waals surface area contributed by atoms with Gasteiger partial charge in [0, 0.05) is 36.5 Å². The Bertz CT molecular complexity index is 1220. The highest BCUT2D eigenvalue weighted by atomic mass is 16.5. The van der Waals surface area contributed by atoms with Crippen LogP contribution in [0.2, 0.25) is 0 Å². The predicted octanol–water partition coefficient (Wildman–Crippen LogP) is 3.50. The van der Waals surface area contributed by atoms with Gasteiger partial charge in [-0.15, -0.1) is 0 Å². The summed E-state index contributed by atoms with van der Waals surface area (Å²) in [7, 11) is 0. The number of rotatable bonds is 11. The second kappa shape index (κ2) is 12.7. The number of carbonyl (C=O) groups excluding carboxylic acids is 1. The van der Waals surface area contributed by atoms with Gasteiger partial charge in [-0.05, 0) is 68.0 Å². The smallest absolute Gasteiger partial charge is 0.339 e. The highest BCUT2D eigenvalue weighted by Gasteiger charge is 2.21. The van der Waals surface area contributed by atoms with E-state index in [0.29, 0.717) is 30.6 Å². The molecule has 0 radical (unpaired) electrons. The molecule has 8 nitrogen and oxygen atoms in total. The highest BCUT2D eigenvalue weighted by molar-refractivity contribution is 5.79. The van der Waals surface area contributed by atoms with E-state index in [1.54, 1.807) is 11.5 Å². The van der Waals surface area contributed by atoms with E-state index in [4.69, 9.17) is 13.9 Å². The summed E-state index contributed by atoms with van der Waals surface area (Å²) in [6, 6.07) is 15.3. The maximum Gasteiger partial charge on any atom is 0.339 e. The molecule has 2 N–H and O–H groups in total. The molecule has 0 spiro atoms. The molecule has 2 heterocycles. The topological polar surface area (TPSA) is 101 Å². The van der Waals surface area contributed by atoms with Gasteiger partial charge in [0.25, 0.3) is 0 Å². The lowest BCUT2D eigenvalue weighted by atomic mass is 9.92. The molecule has 1 saturated heterocycles. The molecule has 8 heteroatoms. The summed E-state index contributed by atoms with van der Waals surface area (Å²) in [6.45, 7) is 7.09. The van der Waals surface area contributed by atoms with E-state index < -0.39 is 17.5 Å². The van der Waals surface area contributed by atoms with Crippen LogP contribution in [0.5, 0.6) is 5.75 Å². The molecule has 1 fully saturated rings. The van der Waals surface area contributed by atoms with E-state index in [1.165, 1.54) is 0 Å². The standard InChI is InChI=1S/C28H34N2O6/c1-20-6-8-22-18-24(28(32)36-26(22)16-20)19-23(27(31)29-33)9-7-21-4-2-5-25(17-21)35-13-3-10-30-11-14-34-15-12-30/h2,4-6,8,16-18,23,33H,3,7,9-15,19H2,1H3,(H,29,31). The minimum absolute atomic E-state index is 0.177. The van der Waals surface area contributed by atoms with Crippen molar-refractivity contribution < 1.29 is 23.9 Å². The molecule has 192 valence electrons. The van der Waals surface area contributed by atoms with E-state index in [0.717, 1.165) is 61.5 Å². The number of hydroxylamine groups is 1. The largest absolute Gasteiger partial charge is 0.494 e. The number of amides is 1. The van der Waals surface area contributed by atoms with Crippen molar-refractivity contribution in [2.75, 3.05) is 39.5 Å². The minimum Gasteiger partial charge on any atom is -0.494 e. The lowest BCUT2D eigenvalue weighted by Gasteiger charge is -2.26. The number of benzene rings is 2. The second-order valence-corrected chi connectivity index (χ2v) is 9.32. The molecule has 1 unspecified atom stereocenters. The summed E-state index contributed by atoms with van der Waals surface area (Å²) in [5.41, 5.74) is 4.25. The van der Waals surface area contributed by atoms with Crippen LogP contribution >= 0.6 is 0 Å². The number of ether oxygens (including phenoxy) is 2. The minimum atomic E-state index is -0.584. The van der Waals surface area contributed by atoms with Crippen molar-refractivity contribution in [1.82, 2.24) is 10.4 Å². The van der Waals surface area contributed by atoms with Gasteiger partial charge < -0.3 is 13.9 Å². The first-order chi connectivity index (χ1) is 17.5. The van der Waals surface area contributed by atoms with E-state index in [9.17, 15) is 14.8 Å². The van der Waals surface area contributed by atoms with Gasteiger partial charge in [0.15, 0.2) is 0 Å². The molecule has 36 heavy (non-hydrogen) atoms. The Morgan fingerprint density at radius 3 is 2.81 bits per heavy atom. The molecule has 4 rings (SSSR count).